The summed E-state index contributed by atoms with van der Waals surface area (Å²) in [6.07, 6.45) is 1.66. The van der Waals surface area contributed by atoms with Crippen molar-refractivity contribution in [3.8, 4) is 11.9 Å². The van der Waals surface area contributed by atoms with Gasteiger partial charge in [0.05, 0.1) is 18.7 Å². The first-order valence-electron chi connectivity index (χ1n) is 7.09. The van der Waals surface area contributed by atoms with Gasteiger partial charge in [-0.3, -0.25) is 0 Å². The number of urea groups is 1. The number of amides is 2. The van der Waals surface area contributed by atoms with E-state index in [0.29, 0.717) is 24.5 Å². The minimum Gasteiger partial charge on any atom is -0.481 e. The molecule has 118 valence electrons. The lowest BCUT2D eigenvalue weighted by Crippen LogP contribution is -2.36. The molecule has 2 rings (SSSR count). The number of nitrogens with zero attached hydrogens (tertiary/aromatic N) is 3. The standard InChI is InChI=1S/C17H18N4O2/c1-21(12-14-5-3-4-13(8-14)9-18)17(22)20-11-15-6-7-16(23-2)19-10-15/h3-8,10H,11-12H2,1-2H3,(H,20,22). The molecular formula is C17H18N4O2. The van der Waals surface area contributed by atoms with Gasteiger partial charge in [0.1, 0.15) is 0 Å². The predicted octanol–water partition coefficient (Wildman–Crippen LogP) is 2.30. The second-order valence-electron chi connectivity index (χ2n) is 5.04. The van der Waals surface area contributed by atoms with Crippen LogP contribution in [0, 0.1) is 11.3 Å². The quantitative estimate of drug-likeness (QED) is 0.919. The molecule has 1 N–H and O–H groups in total. The van der Waals surface area contributed by atoms with Gasteiger partial charge in [0.25, 0.3) is 0 Å². The number of aromatic nitrogens is 1. The highest BCUT2D eigenvalue weighted by Crippen LogP contribution is 2.08. The van der Waals surface area contributed by atoms with E-state index in [1.807, 2.05) is 18.2 Å². The Hall–Kier alpha value is -3.07. The molecule has 0 unspecified atom stereocenters. The minimum atomic E-state index is -0.192. The molecule has 2 amide bonds. The number of ether oxygens (including phenoxy) is 1. The van der Waals surface area contributed by atoms with Crippen LogP contribution in [0.2, 0.25) is 0 Å². The van der Waals surface area contributed by atoms with Crippen LogP contribution in [-0.2, 0) is 13.1 Å². The van der Waals surface area contributed by atoms with E-state index in [2.05, 4.69) is 16.4 Å². The van der Waals surface area contributed by atoms with Crippen molar-refractivity contribution in [1.82, 2.24) is 15.2 Å². The van der Waals surface area contributed by atoms with Crippen LogP contribution in [0.1, 0.15) is 16.7 Å². The fourth-order valence-electron chi connectivity index (χ4n) is 2.03. The van der Waals surface area contributed by atoms with Crippen LogP contribution >= 0.6 is 0 Å². The van der Waals surface area contributed by atoms with Gasteiger partial charge in [-0.15, -0.1) is 0 Å². The van der Waals surface area contributed by atoms with Gasteiger partial charge in [0.2, 0.25) is 5.88 Å². The monoisotopic (exact) mass is 310 g/mol. The van der Waals surface area contributed by atoms with Gasteiger partial charge in [-0.1, -0.05) is 18.2 Å². The molecule has 0 radical (unpaired) electrons. The normalized spacial score (nSPS) is 9.78. The number of hydrogen-bond donors (Lipinski definition) is 1. The molecule has 0 fully saturated rings. The molecule has 1 aromatic carbocycles. The molecule has 0 bridgehead atoms. The molecule has 1 aromatic heterocycles. The highest BCUT2D eigenvalue weighted by Gasteiger charge is 2.09. The summed E-state index contributed by atoms with van der Waals surface area (Å²) in [6, 6.07) is 12.7. The van der Waals surface area contributed by atoms with Crippen LogP contribution in [0.15, 0.2) is 42.6 Å². The van der Waals surface area contributed by atoms with Crippen molar-refractivity contribution >= 4 is 6.03 Å². The number of nitriles is 1. The van der Waals surface area contributed by atoms with Crippen molar-refractivity contribution in [3.05, 3.63) is 59.3 Å². The number of nitrogens with one attached hydrogen (secondary N) is 1. The molecule has 0 aliphatic rings. The Morgan fingerprint density at radius 3 is 2.83 bits per heavy atom. The molecular weight excluding hydrogens is 292 g/mol. The molecule has 6 nitrogen and oxygen atoms in total. The van der Waals surface area contributed by atoms with Crippen molar-refractivity contribution in [1.29, 1.82) is 5.26 Å². The van der Waals surface area contributed by atoms with Crippen LogP contribution in [0.5, 0.6) is 5.88 Å². The highest BCUT2D eigenvalue weighted by molar-refractivity contribution is 5.73. The van der Waals surface area contributed by atoms with Gasteiger partial charge in [0, 0.05) is 32.4 Å². The Bertz CT molecular complexity index is 707. The zero-order valence-corrected chi connectivity index (χ0v) is 13.1. The number of methoxy groups -OCH3 is 1. The Labute approximate surface area is 135 Å². The third-order valence-electron chi connectivity index (χ3n) is 3.27. The molecule has 1 heterocycles. The van der Waals surface area contributed by atoms with Gasteiger partial charge < -0.3 is 15.0 Å². The summed E-state index contributed by atoms with van der Waals surface area (Å²) in [7, 11) is 3.26. The van der Waals surface area contributed by atoms with Crippen molar-refractivity contribution in [3.63, 3.8) is 0 Å². The maximum Gasteiger partial charge on any atom is 0.317 e. The molecule has 6 heteroatoms. The number of carbonyl (C=O) groups excluding carboxylic acids is 1. The molecule has 0 spiro atoms. The predicted molar refractivity (Wildman–Crippen MR) is 85.6 cm³/mol. The fourth-order valence-corrected chi connectivity index (χ4v) is 2.03. The van der Waals surface area contributed by atoms with Gasteiger partial charge in [0.15, 0.2) is 0 Å². The Balaban J connectivity index is 1.88. The number of rotatable bonds is 5. The first kappa shape index (κ1) is 16.3. The lowest BCUT2D eigenvalue weighted by molar-refractivity contribution is 0.206. The van der Waals surface area contributed by atoms with Crippen LogP contribution in [0.4, 0.5) is 4.79 Å². The summed E-state index contributed by atoms with van der Waals surface area (Å²) in [4.78, 5) is 17.8. The topological polar surface area (TPSA) is 78.2 Å². The molecule has 0 atom stereocenters. The number of benzene rings is 1. The summed E-state index contributed by atoms with van der Waals surface area (Å²) < 4.78 is 4.99. The SMILES string of the molecule is COc1ccc(CNC(=O)N(C)Cc2cccc(C#N)c2)cn1. The van der Waals surface area contributed by atoms with E-state index >= 15 is 0 Å². The first-order valence-corrected chi connectivity index (χ1v) is 7.09. The number of hydrogen-bond acceptors (Lipinski definition) is 4. The Kier molecular flexibility index (Phi) is 5.53. The Morgan fingerprint density at radius 1 is 1.35 bits per heavy atom. The van der Waals surface area contributed by atoms with Gasteiger partial charge in [-0.25, -0.2) is 9.78 Å². The summed E-state index contributed by atoms with van der Waals surface area (Å²) in [5.74, 6) is 0.537. The first-order chi connectivity index (χ1) is 11.1. The summed E-state index contributed by atoms with van der Waals surface area (Å²) in [5, 5.41) is 11.7. The van der Waals surface area contributed by atoms with Crippen molar-refractivity contribution < 1.29 is 9.53 Å². The zero-order chi connectivity index (χ0) is 16.7. The molecule has 0 aliphatic heterocycles. The fraction of sp³-hybridized carbons (Fsp3) is 0.235. The average Bonchev–Trinajstić information content (AvgIpc) is 2.60. The maximum atomic E-state index is 12.1. The van der Waals surface area contributed by atoms with E-state index in [4.69, 9.17) is 10.00 Å². The van der Waals surface area contributed by atoms with Crippen LogP contribution in [0.3, 0.4) is 0 Å². The highest BCUT2D eigenvalue weighted by atomic mass is 16.5. The van der Waals surface area contributed by atoms with Crippen LogP contribution in [0.25, 0.3) is 0 Å². The largest absolute Gasteiger partial charge is 0.481 e. The van der Waals surface area contributed by atoms with Crippen LogP contribution < -0.4 is 10.1 Å². The molecule has 0 saturated carbocycles. The average molecular weight is 310 g/mol. The lowest BCUT2D eigenvalue weighted by Gasteiger charge is -2.18. The second kappa shape index (κ2) is 7.80. The molecule has 0 saturated heterocycles. The smallest absolute Gasteiger partial charge is 0.317 e. The van der Waals surface area contributed by atoms with E-state index in [9.17, 15) is 4.79 Å². The minimum absolute atomic E-state index is 0.192. The van der Waals surface area contributed by atoms with E-state index < -0.39 is 0 Å². The lowest BCUT2D eigenvalue weighted by atomic mass is 10.1. The maximum absolute atomic E-state index is 12.1. The summed E-state index contributed by atoms with van der Waals surface area (Å²) in [6.45, 7) is 0.820. The Morgan fingerprint density at radius 2 is 2.17 bits per heavy atom. The van der Waals surface area contributed by atoms with E-state index in [0.717, 1.165) is 11.1 Å². The molecule has 2 aromatic rings. The zero-order valence-electron chi connectivity index (χ0n) is 13.1. The molecule has 0 aliphatic carbocycles. The van der Waals surface area contributed by atoms with Gasteiger partial charge in [-0.05, 0) is 23.3 Å². The van der Waals surface area contributed by atoms with Gasteiger partial charge >= 0.3 is 6.03 Å². The van der Waals surface area contributed by atoms with Crippen LogP contribution in [-0.4, -0.2) is 30.1 Å². The van der Waals surface area contributed by atoms with Gasteiger partial charge in [-0.2, -0.15) is 5.26 Å². The van der Waals surface area contributed by atoms with E-state index in [-0.39, 0.29) is 6.03 Å². The molecule has 23 heavy (non-hydrogen) atoms. The number of pyridine rings is 1. The third kappa shape index (κ3) is 4.71. The third-order valence-corrected chi connectivity index (χ3v) is 3.27. The summed E-state index contributed by atoms with van der Waals surface area (Å²) >= 11 is 0. The van der Waals surface area contributed by atoms with E-state index in [1.54, 1.807) is 43.5 Å². The van der Waals surface area contributed by atoms with Crippen molar-refractivity contribution in [2.24, 2.45) is 0 Å². The number of carbonyl (C=O) groups is 1. The van der Waals surface area contributed by atoms with E-state index in [1.165, 1.54) is 0 Å². The van der Waals surface area contributed by atoms with Crippen molar-refractivity contribution in [2.45, 2.75) is 13.1 Å². The van der Waals surface area contributed by atoms with Crippen molar-refractivity contribution in [2.75, 3.05) is 14.2 Å². The summed E-state index contributed by atoms with van der Waals surface area (Å²) in [5.41, 5.74) is 2.38. The second-order valence-corrected chi connectivity index (χ2v) is 5.04.